The maximum Gasteiger partial charge on any atom is 0.137 e. The molecule has 4 heteroatoms. The molecule has 1 aliphatic heterocycles. The number of aryl methyl sites for hydroxylation is 1. The lowest BCUT2D eigenvalue weighted by Crippen LogP contribution is -2.13. The monoisotopic (exact) mass is 295 g/mol. The van der Waals surface area contributed by atoms with E-state index in [2.05, 4.69) is 4.98 Å². The van der Waals surface area contributed by atoms with Gasteiger partial charge in [0.25, 0.3) is 0 Å². The van der Waals surface area contributed by atoms with Gasteiger partial charge in [-0.25, -0.2) is 0 Å². The Bertz CT molecular complexity index is 735. The van der Waals surface area contributed by atoms with E-state index in [0.717, 1.165) is 23.0 Å². The van der Waals surface area contributed by atoms with Crippen molar-refractivity contribution in [2.45, 2.75) is 25.9 Å². The molecule has 3 rings (SSSR count). The fourth-order valence-corrected chi connectivity index (χ4v) is 2.69. The Morgan fingerprint density at radius 2 is 2.05 bits per heavy atom. The molecule has 2 aromatic rings. The second-order valence-corrected chi connectivity index (χ2v) is 5.48. The van der Waals surface area contributed by atoms with E-state index in [4.69, 9.17) is 4.74 Å². The van der Waals surface area contributed by atoms with Crippen LogP contribution in [0.4, 0.5) is 0 Å². The van der Waals surface area contributed by atoms with Gasteiger partial charge in [-0.1, -0.05) is 11.6 Å². The van der Waals surface area contributed by atoms with Crippen molar-refractivity contribution in [3.8, 4) is 5.75 Å². The molecule has 2 unspecified atom stereocenters. The summed E-state index contributed by atoms with van der Waals surface area (Å²) >= 11 is 0. The molecule has 0 radical (unpaired) electrons. The molecule has 112 valence electrons. The Morgan fingerprint density at radius 1 is 1.32 bits per heavy atom. The summed E-state index contributed by atoms with van der Waals surface area (Å²) in [6, 6.07) is 7.48. The number of rotatable bonds is 3. The van der Waals surface area contributed by atoms with E-state index in [1.54, 1.807) is 25.4 Å². The fraction of sp³-hybridized carbons (Fsp3) is 0.222. The minimum atomic E-state index is -0.669. The summed E-state index contributed by atoms with van der Waals surface area (Å²) in [6.45, 7) is 3.63. The van der Waals surface area contributed by atoms with Crippen molar-refractivity contribution in [2.75, 3.05) is 0 Å². The van der Waals surface area contributed by atoms with E-state index in [-0.39, 0.29) is 5.92 Å². The molecule has 0 fully saturated rings. The molecule has 4 nitrogen and oxygen atoms in total. The number of benzene rings is 1. The van der Waals surface area contributed by atoms with Crippen molar-refractivity contribution in [1.82, 2.24) is 4.98 Å². The van der Waals surface area contributed by atoms with Crippen molar-refractivity contribution < 1.29 is 14.6 Å². The first-order valence-corrected chi connectivity index (χ1v) is 7.18. The van der Waals surface area contributed by atoms with Crippen LogP contribution in [-0.2, 0) is 4.79 Å². The molecule has 1 aliphatic rings. The summed E-state index contributed by atoms with van der Waals surface area (Å²) < 4.78 is 6.01. The smallest absolute Gasteiger partial charge is 0.137 e. The van der Waals surface area contributed by atoms with Crippen LogP contribution in [0.3, 0.4) is 0 Å². The summed E-state index contributed by atoms with van der Waals surface area (Å²) in [6.07, 6.45) is 5.38. The van der Waals surface area contributed by atoms with E-state index >= 15 is 0 Å². The van der Waals surface area contributed by atoms with E-state index < -0.39 is 6.10 Å². The number of carbonyl (C=O) groups is 1. The number of carbonyl (C=O) groups excluding carboxylic acids is 1. The van der Waals surface area contributed by atoms with Gasteiger partial charge in [-0.3, -0.25) is 4.98 Å². The number of allylic oxidation sites excluding steroid dienone is 1. The lowest BCUT2D eigenvalue weighted by Gasteiger charge is -2.26. The number of pyridine rings is 1. The average Bonchev–Trinajstić information content (AvgIpc) is 2.53. The Balaban J connectivity index is 2.15. The fourth-order valence-electron chi connectivity index (χ4n) is 2.69. The zero-order chi connectivity index (χ0) is 15.7. The summed E-state index contributed by atoms with van der Waals surface area (Å²) in [5.41, 5.74) is 3.33. The maximum atomic E-state index is 11.5. The van der Waals surface area contributed by atoms with Crippen LogP contribution < -0.4 is 4.74 Å². The Labute approximate surface area is 129 Å². The van der Waals surface area contributed by atoms with Gasteiger partial charge >= 0.3 is 0 Å². The summed E-state index contributed by atoms with van der Waals surface area (Å²) in [7, 11) is 0. The van der Waals surface area contributed by atoms with Crippen molar-refractivity contribution in [3.63, 3.8) is 0 Å². The van der Waals surface area contributed by atoms with Crippen LogP contribution >= 0.6 is 0 Å². The largest absolute Gasteiger partial charge is 0.456 e. The number of aliphatic hydroxyl groups excluding tert-OH is 1. The Kier molecular flexibility index (Phi) is 3.77. The highest BCUT2D eigenvalue weighted by Crippen LogP contribution is 2.41. The standard InChI is InChI=1S/C18H17NO3/c1-11-7-15(12(2)21)18-16(8-11)14(10-20)9-17(22-18)13-3-5-19-6-4-13/h3-10,12,14,21H,1-2H3. The third-order valence-corrected chi connectivity index (χ3v) is 3.75. The number of nitrogens with zero attached hydrogens (tertiary/aromatic N) is 1. The van der Waals surface area contributed by atoms with Gasteiger partial charge in [0.15, 0.2) is 0 Å². The zero-order valence-corrected chi connectivity index (χ0v) is 12.5. The number of aromatic nitrogens is 1. The normalized spacial score (nSPS) is 18.0. The molecule has 2 atom stereocenters. The number of ether oxygens (including phenoxy) is 1. The summed E-state index contributed by atoms with van der Waals surface area (Å²) in [5.74, 6) is 0.800. The Hall–Kier alpha value is -2.46. The molecule has 0 spiro atoms. The van der Waals surface area contributed by atoms with Gasteiger partial charge in [-0.05, 0) is 38.1 Å². The predicted molar refractivity (Wildman–Crippen MR) is 83.5 cm³/mol. The molecule has 0 bridgehead atoms. The molecular weight excluding hydrogens is 278 g/mol. The zero-order valence-electron chi connectivity index (χ0n) is 12.5. The number of fused-ring (bicyclic) bond motifs is 1. The van der Waals surface area contributed by atoms with E-state index in [1.807, 2.05) is 31.2 Å². The van der Waals surface area contributed by atoms with Crippen LogP contribution in [0.1, 0.15) is 41.2 Å². The first kappa shape index (κ1) is 14.5. The highest BCUT2D eigenvalue weighted by Gasteiger charge is 2.26. The average molecular weight is 295 g/mol. The van der Waals surface area contributed by atoms with Crippen LogP contribution in [0.2, 0.25) is 0 Å². The van der Waals surface area contributed by atoms with Crippen molar-refractivity contribution in [1.29, 1.82) is 0 Å². The molecule has 1 aromatic carbocycles. The number of hydrogen-bond donors (Lipinski definition) is 1. The topological polar surface area (TPSA) is 59.4 Å². The molecule has 0 saturated carbocycles. The number of aliphatic hydroxyl groups is 1. The van der Waals surface area contributed by atoms with Crippen LogP contribution in [-0.4, -0.2) is 16.4 Å². The van der Waals surface area contributed by atoms with Gasteiger partial charge in [0, 0.05) is 29.1 Å². The van der Waals surface area contributed by atoms with Crippen molar-refractivity contribution in [3.05, 3.63) is 65.0 Å². The maximum absolute atomic E-state index is 11.5. The van der Waals surface area contributed by atoms with Crippen LogP contribution in [0, 0.1) is 6.92 Å². The summed E-state index contributed by atoms with van der Waals surface area (Å²) in [4.78, 5) is 15.5. The highest BCUT2D eigenvalue weighted by molar-refractivity contribution is 5.77. The van der Waals surface area contributed by atoms with Gasteiger partial charge in [-0.15, -0.1) is 0 Å². The second kappa shape index (κ2) is 5.73. The third-order valence-electron chi connectivity index (χ3n) is 3.75. The van der Waals surface area contributed by atoms with Gasteiger partial charge < -0.3 is 14.6 Å². The van der Waals surface area contributed by atoms with E-state index in [1.165, 1.54) is 0 Å². The summed E-state index contributed by atoms with van der Waals surface area (Å²) in [5, 5.41) is 10.0. The van der Waals surface area contributed by atoms with Crippen molar-refractivity contribution >= 4 is 12.0 Å². The molecule has 0 amide bonds. The molecule has 0 saturated heterocycles. The quantitative estimate of drug-likeness (QED) is 0.884. The molecule has 1 N–H and O–H groups in total. The van der Waals surface area contributed by atoms with E-state index in [9.17, 15) is 9.90 Å². The number of aldehydes is 1. The number of hydrogen-bond acceptors (Lipinski definition) is 4. The third kappa shape index (κ3) is 2.53. The van der Waals surface area contributed by atoms with Crippen LogP contribution in [0.15, 0.2) is 42.7 Å². The van der Waals surface area contributed by atoms with Gasteiger partial charge in [-0.2, -0.15) is 0 Å². The van der Waals surface area contributed by atoms with Crippen LogP contribution in [0.25, 0.3) is 5.76 Å². The second-order valence-electron chi connectivity index (χ2n) is 5.48. The minimum Gasteiger partial charge on any atom is -0.456 e. The first-order valence-electron chi connectivity index (χ1n) is 7.18. The van der Waals surface area contributed by atoms with Gasteiger partial charge in [0.2, 0.25) is 0 Å². The lowest BCUT2D eigenvalue weighted by atomic mass is 9.90. The van der Waals surface area contributed by atoms with Gasteiger partial charge in [0.05, 0.1) is 12.0 Å². The molecule has 0 aliphatic carbocycles. The highest BCUT2D eigenvalue weighted by atomic mass is 16.5. The first-order chi connectivity index (χ1) is 10.6. The minimum absolute atomic E-state index is 0.385. The molecule has 1 aromatic heterocycles. The van der Waals surface area contributed by atoms with E-state index in [0.29, 0.717) is 17.1 Å². The van der Waals surface area contributed by atoms with Gasteiger partial charge in [0.1, 0.15) is 17.8 Å². The SMILES string of the molecule is Cc1cc(C(C)O)c2c(c1)C(C=O)C=C(c1ccncc1)O2. The van der Waals surface area contributed by atoms with Crippen LogP contribution in [0.5, 0.6) is 5.75 Å². The molecule has 2 heterocycles. The Morgan fingerprint density at radius 3 is 2.68 bits per heavy atom. The molecule has 22 heavy (non-hydrogen) atoms. The van der Waals surface area contributed by atoms with Crippen molar-refractivity contribution in [2.24, 2.45) is 0 Å². The lowest BCUT2D eigenvalue weighted by molar-refractivity contribution is -0.108. The predicted octanol–water partition coefficient (Wildman–Crippen LogP) is 3.16. The molecular formula is C18H17NO3.